The highest BCUT2D eigenvalue weighted by Crippen LogP contribution is 2.18. The molecule has 1 N–H and O–H groups in total. The number of nitrogens with one attached hydrogen (secondary N) is 1. The quantitative estimate of drug-likeness (QED) is 0.769. The van der Waals surface area contributed by atoms with Gasteiger partial charge in [-0.1, -0.05) is 24.3 Å². The first-order valence-electron chi connectivity index (χ1n) is 9.01. The van der Waals surface area contributed by atoms with Gasteiger partial charge in [0.1, 0.15) is 11.5 Å². The highest BCUT2D eigenvalue weighted by molar-refractivity contribution is 6.05. The second kappa shape index (κ2) is 7.19. The fourth-order valence-electron chi connectivity index (χ4n) is 3.34. The van der Waals surface area contributed by atoms with Crippen LogP contribution in [0, 0.1) is 6.92 Å². The summed E-state index contributed by atoms with van der Waals surface area (Å²) in [5, 5.41) is 4.50. The molecule has 138 valence electrons. The van der Waals surface area contributed by atoms with Crippen LogP contribution in [0.2, 0.25) is 0 Å². The van der Waals surface area contributed by atoms with Gasteiger partial charge < -0.3 is 14.6 Å². The van der Waals surface area contributed by atoms with Crippen molar-refractivity contribution < 1.29 is 14.0 Å². The molecule has 1 aromatic carbocycles. The second-order valence-corrected chi connectivity index (χ2v) is 6.58. The van der Waals surface area contributed by atoms with E-state index >= 15 is 0 Å². The number of benzene rings is 1. The number of fused-ring (bicyclic) bond motifs is 1. The van der Waals surface area contributed by atoms with E-state index in [1.807, 2.05) is 30.3 Å². The van der Waals surface area contributed by atoms with Crippen molar-refractivity contribution in [3.8, 4) is 0 Å². The summed E-state index contributed by atoms with van der Waals surface area (Å²) in [6.07, 6.45) is 3.65. The highest BCUT2D eigenvalue weighted by Gasteiger charge is 2.25. The highest BCUT2D eigenvalue weighted by atomic mass is 16.4. The molecule has 2 amide bonds. The molecule has 0 aliphatic carbocycles. The second-order valence-electron chi connectivity index (χ2n) is 6.58. The number of aromatic nitrogens is 2. The molecule has 3 aromatic rings. The molecule has 0 radical (unpaired) electrons. The molecule has 0 unspecified atom stereocenters. The molecular weight excluding hydrogens is 344 g/mol. The standard InChI is InChI=1S/C20H20N4O3/c1-13-17(20(26)24-10-4-5-11-24)23-16(27-13)12-22-19(25)18-15-7-3-2-6-14(15)8-9-21-18/h2-3,6-9H,4-5,10-12H2,1H3,(H,22,25). The topological polar surface area (TPSA) is 88.3 Å². The van der Waals surface area contributed by atoms with Gasteiger partial charge in [-0.15, -0.1) is 0 Å². The van der Waals surface area contributed by atoms with Crippen LogP contribution in [-0.4, -0.2) is 39.8 Å². The van der Waals surface area contributed by atoms with Gasteiger partial charge >= 0.3 is 0 Å². The van der Waals surface area contributed by atoms with Crippen LogP contribution in [0.25, 0.3) is 10.8 Å². The van der Waals surface area contributed by atoms with E-state index in [0.717, 1.165) is 36.7 Å². The lowest BCUT2D eigenvalue weighted by Gasteiger charge is -2.13. The van der Waals surface area contributed by atoms with Gasteiger partial charge in [0.15, 0.2) is 5.69 Å². The predicted molar refractivity (Wildman–Crippen MR) is 99.3 cm³/mol. The maximum atomic E-state index is 12.5. The number of hydrogen-bond acceptors (Lipinski definition) is 5. The minimum Gasteiger partial charge on any atom is -0.443 e. The van der Waals surface area contributed by atoms with Crippen molar-refractivity contribution in [1.82, 2.24) is 20.2 Å². The van der Waals surface area contributed by atoms with Crippen molar-refractivity contribution in [2.45, 2.75) is 26.3 Å². The Morgan fingerprint density at radius 1 is 1.15 bits per heavy atom. The predicted octanol–water partition coefficient (Wildman–Crippen LogP) is 2.70. The molecule has 2 aromatic heterocycles. The molecule has 1 fully saturated rings. The number of likely N-dealkylation sites (tertiary alicyclic amines) is 1. The van der Waals surface area contributed by atoms with Gasteiger partial charge in [0, 0.05) is 24.7 Å². The Morgan fingerprint density at radius 3 is 2.74 bits per heavy atom. The number of hydrogen-bond donors (Lipinski definition) is 1. The summed E-state index contributed by atoms with van der Waals surface area (Å²) in [5.74, 6) is 0.361. The van der Waals surface area contributed by atoms with Gasteiger partial charge in [0.2, 0.25) is 5.89 Å². The molecule has 1 aliphatic heterocycles. The Hall–Kier alpha value is -3.22. The van der Waals surface area contributed by atoms with Crippen molar-refractivity contribution in [2.75, 3.05) is 13.1 Å². The van der Waals surface area contributed by atoms with Crippen LogP contribution < -0.4 is 5.32 Å². The number of pyridine rings is 1. The number of nitrogens with zero attached hydrogens (tertiary/aromatic N) is 3. The van der Waals surface area contributed by atoms with Crippen molar-refractivity contribution in [3.63, 3.8) is 0 Å². The first-order valence-corrected chi connectivity index (χ1v) is 9.01. The summed E-state index contributed by atoms with van der Waals surface area (Å²) in [7, 11) is 0. The summed E-state index contributed by atoms with van der Waals surface area (Å²) < 4.78 is 5.58. The third-order valence-corrected chi connectivity index (χ3v) is 4.73. The number of oxazole rings is 1. The Kier molecular flexibility index (Phi) is 4.58. The Balaban J connectivity index is 1.48. The molecule has 0 saturated carbocycles. The zero-order valence-corrected chi connectivity index (χ0v) is 15.1. The van der Waals surface area contributed by atoms with Gasteiger partial charge in [-0.25, -0.2) is 4.98 Å². The summed E-state index contributed by atoms with van der Waals surface area (Å²) in [5.41, 5.74) is 0.675. The molecular formula is C20H20N4O3. The van der Waals surface area contributed by atoms with Gasteiger partial charge in [-0.2, -0.15) is 0 Å². The molecule has 1 saturated heterocycles. The Bertz CT molecular complexity index is 1000. The lowest BCUT2D eigenvalue weighted by Crippen LogP contribution is -2.28. The molecule has 0 atom stereocenters. The first kappa shape index (κ1) is 17.2. The van der Waals surface area contributed by atoms with Gasteiger partial charge in [-0.3, -0.25) is 14.6 Å². The van der Waals surface area contributed by atoms with E-state index in [4.69, 9.17) is 4.42 Å². The van der Waals surface area contributed by atoms with E-state index in [2.05, 4.69) is 15.3 Å². The van der Waals surface area contributed by atoms with E-state index in [0.29, 0.717) is 23.0 Å². The van der Waals surface area contributed by atoms with Crippen LogP contribution in [-0.2, 0) is 6.54 Å². The fourth-order valence-corrected chi connectivity index (χ4v) is 3.34. The lowest BCUT2D eigenvalue weighted by molar-refractivity contribution is 0.0785. The number of aryl methyl sites for hydroxylation is 1. The van der Waals surface area contributed by atoms with E-state index in [1.54, 1.807) is 18.0 Å². The summed E-state index contributed by atoms with van der Waals surface area (Å²) in [6, 6.07) is 9.44. The lowest BCUT2D eigenvalue weighted by atomic mass is 10.1. The Morgan fingerprint density at radius 2 is 1.93 bits per heavy atom. The Labute approximate surface area is 156 Å². The van der Waals surface area contributed by atoms with Crippen LogP contribution in [0.5, 0.6) is 0 Å². The molecule has 0 spiro atoms. The zero-order valence-electron chi connectivity index (χ0n) is 15.1. The smallest absolute Gasteiger partial charge is 0.276 e. The van der Waals surface area contributed by atoms with Crippen molar-refractivity contribution in [3.05, 3.63) is 59.6 Å². The van der Waals surface area contributed by atoms with Gasteiger partial charge in [-0.05, 0) is 31.2 Å². The van der Waals surface area contributed by atoms with Crippen LogP contribution in [0.1, 0.15) is 45.5 Å². The third kappa shape index (κ3) is 3.40. The van der Waals surface area contributed by atoms with Crippen molar-refractivity contribution >= 4 is 22.6 Å². The van der Waals surface area contributed by atoms with Crippen molar-refractivity contribution in [1.29, 1.82) is 0 Å². The summed E-state index contributed by atoms with van der Waals surface area (Å²) in [4.78, 5) is 35.3. The van der Waals surface area contributed by atoms with Crippen LogP contribution >= 0.6 is 0 Å². The van der Waals surface area contributed by atoms with Gasteiger partial charge in [0.25, 0.3) is 11.8 Å². The zero-order chi connectivity index (χ0) is 18.8. The van der Waals surface area contributed by atoms with Crippen LogP contribution in [0.15, 0.2) is 40.9 Å². The van der Waals surface area contributed by atoms with Crippen molar-refractivity contribution in [2.24, 2.45) is 0 Å². The van der Waals surface area contributed by atoms with Crippen LogP contribution in [0.4, 0.5) is 0 Å². The molecule has 3 heterocycles. The molecule has 1 aliphatic rings. The molecule has 7 nitrogen and oxygen atoms in total. The van der Waals surface area contributed by atoms with Gasteiger partial charge in [0.05, 0.1) is 6.54 Å². The van der Waals surface area contributed by atoms with E-state index in [-0.39, 0.29) is 18.4 Å². The number of carbonyl (C=O) groups is 2. The minimum absolute atomic E-state index is 0.0951. The van der Waals surface area contributed by atoms with E-state index in [9.17, 15) is 9.59 Å². The molecule has 7 heteroatoms. The first-order chi connectivity index (χ1) is 13.1. The largest absolute Gasteiger partial charge is 0.443 e. The third-order valence-electron chi connectivity index (χ3n) is 4.73. The normalized spacial score (nSPS) is 13.9. The molecule has 27 heavy (non-hydrogen) atoms. The monoisotopic (exact) mass is 364 g/mol. The van der Waals surface area contributed by atoms with Crippen LogP contribution in [0.3, 0.4) is 0 Å². The maximum absolute atomic E-state index is 12.5. The minimum atomic E-state index is -0.310. The SMILES string of the molecule is Cc1oc(CNC(=O)c2nccc3ccccc23)nc1C(=O)N1CCCC1. The van der Waals surface area contributed by atoms with E-state index < -0.39 is 0 Å². The fraction of sp³-hybridized carbons (Fsp3) is 0.300. The number of carbonyl (C=O) groups excluding carboxylic acids is 2. The maximum Gasteiger partial charge on any atom is 0.276 e. The average Bonchev–Trinajstić information content (AvgIpc) is 3.35. The summed E-state index contributed by atoms with van der Waals surface area (Å²) in [6.45, 7) is 3.32. The molecule has 0 bridgehead atoms. The number of rotatable bonds is 4. The van der Waals surface area contributed by atoms with E-state index in [1.165, 1.54) is 0 Å². The average molecular weight is 364 g/mol. The molecule has 4 rings (SSSR count). The summed E-state index contributed by atoms with van der Waals surface area (Å²) >= 11 is 0. The number of amides is 2.